The molecule has 1 atom stereocenters. The first-order chi connectivity index (χ1) is 17.5. The third-order valence-electron chi connectivity index (χ3n) is 6.00. The number of hydrogen-bond donors (Lipinski definition) is 2. The van der Waals surface area contributed by atoms with E-state index in [0.717, 1.165) is 24.1 Å². The van der Waals surface area contributed by atoms with Crippen LogP contribution in [0.1, 0.15) is 43.0 Å². The molecule has 3 heteroatoms. The van der Waals surface area contributed by atoms with E-state index in [1.807, 2.05) is 32.9 Å². The van der Waals surface area contributed by atoms with Crippen molar-refractivity contribution in [2.24, 2.45) is 0 Å². The highest BCUT2D eigenvalue weighted by molar-refractivity contribution is 7.97. The summed E-state index contributed by atoms with van der Waals surface area (Å²) in [6, 6.07) is 34.2. The Kier molecular flexibility index (Phi) is 10.4. The maximum absolute atomic E-state index is 5.82. The van der Waals surface area contributed by atoms with Gasteiger partial charge in [-0.25, -0.2) is 0 Å². The van der Waals surface area contributed by atoms with Crippen LogP contribution < -0.4 is 10.5 Å². The van der Waals surface area contributed by atoms with E-state index in [-0.39, 0.29) is 0 Å². The van der Waals surface area contributed by atoms with E-state index in [1.165, 1.54) is 38.3 Å². The van der Waals surface area contributed by atoms with Gasteiger partial charge in [0.1, 0.15) is 0 Å². The topological polar surface area (TPSA) is 38.0 Å². The minimum atomic E-state index is 0.506. The highest BCUT2D eigenvalue weighted by Crippen LogP contribution is 2.28. The van der Waals surface area contributed by atoms with E-state index >= 15 is 0 Å². The molecule has 0 saturated heterocycles. The minimum absolute atomic E-state index is 0.506. The van der Waals surface area contributed by atoms with E-state index in [2.05, 4.69) is 103 Å². The van der Waals surface area contributed by atoms with Crippen LogP contribution in [0.3, 0.4) is 0 Å². The fraction of sp³-hybridized carbons (Fsp3) is 0.212. The molecule has 36 heavy (non-hydrogen) atoms. The van der Waals surface area contributed by atoms with Crippen molar-refractivity contribution in [1.29, 1.82) is 0 Å². The third-order valence-corrected chi connectivity index (χ3v) is 6.96. The van der Waals surface area contributed by atoms with Gasteiger partial charge >= 0.3 is 0 Å². The molecule has 0 radical (unpaired) electrons. The van der Waals surface area contributed by atoms with Crippen molar-refractivity contribution in [3.8, 4) is 11.1 Å². The minimum Gasteiger partial charge on any atom is -0.399 e. The molecule has 1 aliphatic carbocycles. The van der Waals surface area contributed by atoms with Gasteiger partial charge in [0.15, 0.2) is 0 Å². The van der Waals surface area contributed by atoms with E-state index in [4.69, 9.17) is 5.73 Å². The molecule has 0 spiro atoms. The molecule has 3 N–H and O–H groups in total. The first kappa shape index (κ1) is 27.3. The highest BCUT2D eigenvalue weighted by Gasteiger charge is 2.21. The molecule has 5 rings (SSSR count). The van der Waals surface area contributed by atoms with Gasteiger partial charge in [-0.1, -0.05) is 104 Å². The summed E-state index contributed by atoms with van der Waals surface area (Å²) in [5.74, 6) is 0. The standard InChI is InChI=1S/C16H16.C15H16N2S.C2H6/c1-12(2)15-6-4-5-7-16(15)14-10-8-13(3)9-11-14;16-13-7-6-11-9-14(10-12(11)8-13)17-18-15-4-2-1-3-5-15;1-2/h4-11H,1H2,2-3H3;1-8,14,17H,9-10,16H2;1-2H3. The second kappa shape index (κ2) is 13.7. The summed E-state index contributed by atoms with van der Waals surface area (Å²) in [4.78, 5) is 1.26. The Balaban J connectivity index is 0.000000189. The lowest BCUT2D eigenvalue weighted by molar-refractivity contribution is 0.672. The molecule has 0 fully saturated rings. The Morgan fingerprint density at radius 1 is 0.833 bits per heavy atom. The Morgan fingerprint density at radius 3 is 2.17 bits per heavy atom. The first-order valence-electron chi connectivity index (χ1n) is 12.7. The molecule has 4 aromatic carbocycles. The van der Waals surface area contributed by atoms with Crippen molar-refractivity contribution in [3.05, 3.63) is 126 Å². The van der Waals surface area contributed by atoms with Gasteiger partial charge in [0.05, 0.1) is 0 Å². The summed E-state index contributed by atoms with van der Waals surface area (Å²) in [6.45, 7) is 12.2. The second-order valence-corrected chi connectivity index (χ2v) is 9.77. The van der Waals surface area contributed by atoms with Crippen LogP contribution in [0.2, 0.25) is 0 Å². The SMILES string of the molecule is C=C(C)c1ccccc1-c1ccc(C)cc1.CC.Nc1ccc2c(c1)CC(NSc1ccccc1)C2. The number of benzene rings is 4. The average molecular weight is 495 g/mol. The maximum atomic E-state index is 5.82. The summed E-state index contributed by atoms with van der Waals surface area (Å²) in [5.41, 5.74) is 15.6. The molecule has 0 amide bonds. The monoisotopic (exact) mass is 494 g/mol. The Bertz CT molecular complexity index is 1250. The van der Waals surface area contributed by atoms with Gasteiger partial charge in [-0.15, -0.1) is 0 Å². The number of fused-ring (bicyclic) bond motifs is 1. The number of nitrogen functional groups attached to an aromatic ring is 1. The molecule has 0 aromatic heterocycles. The number of hydrogen-bond acceptors (Lipinski definition) is 3. The molecule has 2 nitrogen and oxygen atoms in total. The zero-order valence-electron chi connectivity index (χ0n) is 21.9. The van der Waals surface area contributed by atoms with Crippen LogP contribution in [0.4, 0.5) is 5.69 Å². The van der Waals surface area contributed by atoms with Crippen molar-refractivity contribution in [2.75, 3.05) is 5.73 Å². The fourth-order valence-electron chi connectivity index (χ4n) is 4.20. The van der Waals surface area contributed by atoms with Gasteiger partial charge in [-0.2, -0.15) is 0 Å². The first-order valence-corrected chi connectivity index (χ1v) is 13.5. The van der Waals surface area contributed by atoms with Crippen LogP contribution in [0.5, 0.6) is 0 Å². The molecule has 0 heterocycles. The maximum Gasteiger partial charge on any atom is 0.0316 e. The summed E-state index contributed by atoms with van der Waals surface area (Å²) < 4.78 is 3.54. The summed E-state index contributed by atoms with van der Waals surface area (Å²) in [5, 5.41) is 0. The fourth-order valence-corrected chi connectivity index (χ4v) is 4.96. The molecular weight excluding hydrogens is 456 g/mol. The number of nitrogens with two attached hydrogens (primary N) is 1. The molecule has 0 bridgehead atoms. The van der Waals surface area contributed by atoms with Crippen LogP contribution in [0.15, 0.2) is 109 Å². The van der Waals surface area contributed by atoms with Crippen LogP contribution in [0, 0.1) is 6.92 Å². The van der Waals surface area contributed by atoms with Crippen molar-refractivity contribution in [3.63, 3.8) is 0 Å². The zero-order chi connectivity index (χ0) is 25.9. The van der Waals surface area contributed by atoms with Crippen molar-refractivity contribution < 1.29 is 0 Å². The van der Waals surface area contributed by atoms with Crippen molar-refractivity contribution in [2.45, 2.75) is 51.5 Å². The van der Waals surface area contributed by atoms with Gasteiger partial charge in [0, 0.05) is 16.6 Å². The van der Waals surface area contributed by atoms with Crippen molar-refractivity contribution >= 4 is 23.2 Å². The van der Waals surface area contributed by atoms with E-state index in [0.29, 0.717) is 6.04 Å². The zero-order valence-corrected chi connectivity index (χ0v) is 22.7. The van der Waals surface area contributed by atoms with Crippen LogP contribution in [0.25, 0.3) is 16.7 Å². The van der Waals surface area contributed by atoms with Crippen LogP contribution in [-0.4, -0.2) is 6.04 Å². The molecule has 4 aromatic rings. The van der Waals surface area contributed by atoms with E-state index < -0.39 is 0 Å². The summed E-state index contributed by atoms with van der Waals surface area (Å²) in [6.07, 6.45) is 2.16. The number of nitrogens with one attached hydrogen (secondary N) is 1. The Labute approximate surface area is 221 Å². The molecule has 0 aliphatic heterocycles. The van der Waals surface area contributed by atoms with Gasteiger partial charge in [0.25, 0.3) is 0 Å². The van der Waals surface area contributed by atoms with Gasteiger partial charge in [-0.05, 0) is 90.7 Å². The molecule has 1 unspecified atom stereocenters. The van der Waals surface area contributed by atoms with Gasteiger partial charge in [-0.3, -0.25) is 4.72 Å². The summed E-state index contributed by atoms with van der Waals surface area (Å²) >= 11 is 1.71. The van der Waals surface area contributed by atoms with E-state index in [1.54, 1.807) is 11.9 Å². The predicted molar refractivity (Wildman–Crippen MR) is 160 cm³/mol. The second-order valence-electron chi connectivity index (χ2n) is 8.86. The summed E-state index contributed by atoms with van der Waals surface area (Å²) in [7, 11) is 0. The Morgan fingerprint density at radius 2 is 1.47 bits per heavy atom. The molecule has 1 aliphatic rings. The lowest BCUT2D eigenvalue weighted by Gasteiger charge is -2.10. The lowest BCUT2D eigenvalue weighted by atomic mass is 9.95. The van der Waals surface area contributed by atoms with Gasteiger partial charge < -0.3 is 5.73 Å². The number of aryl methyl sites for hydroxylation is 1. The number of allylic oxidation sites excluding steroid dienone is 1. The number of anilines is 1. The normalized spacial score (nSPS) is 13.5. The van der Waals surface area contributed by atoms with Crippen LogP contribution in [-0.2, 0) is 12.8 Å². The average Bonchev–Trinajstić information content (AvgIpc) is 3.32. The number of rotatable bonds is 5. The largest absolute Gasteiger partial charge is 0.399 e. The van der Waals surface area contributed by atoms with E-state index in [9.17, 15) is 0 Å². The van der Waals surface area contributed by atoms with Crippen molar-refractivity contribution in [1.82, 2.24) is 4.72 Å². The van der Waals surface area contributed by atoms with Crippen LogP contribution >= 0.6 is 11.9 Å². The lowest BCUT2D eigenvalue weighted by Crippen LogP contribution is -2.22. The Hall–Kier alpha value is -3.27. The third kappa shape index (κ3) is 7.61. The highest BCUT2D eigenvalue weighted by atomic mass is 32.2. The molecule has 186 valence electrons. The molecular formula is C33H38N2S. The smallest absolute Gasteiger partial charge is 0.0316 e. The predicted octanol–water partition coefficient (Wildman–Crippen LogP) is 8.75. The molecule has 0 saturated carbocycles. The van der Waals surface area contributed by atoms with Gasteiger partial charge in [0.2, 0.25) is 0 Å². The quantitative estimate of drug-likeness (QED) is 0.215.